The zero-order valence-electron chi connectivity index (χ0n) is 11.7. The number of rotatable bonds is 4. The number of likely N-dealkylation sites (tertiary alicyclic amines) is 1. The van der Waals surface area contributed by atoms with E-state index in [1.807, 2.05) is 23.1 Å². The van der Waals surface area contributed by atoms with Crippen LogP contribution in [0.15, 0.2) is 29.2 Å². The van der Waals surface area contributed by atoms with Gasteiger partial charge in [0.1, 0.15) is 5.25 Å². The van der Waals surface area contributed by atoms with Crippen molar-refractivity contribution in [1.82, 2.24) is 4.90 Å². The van der Waals surface area contributed by atoms with Crippen molar-refractivity contribution in [2.75, 3.05) is 6.54 Å². The minimum Gasteiger partial charge on any atom is -0.480 e. The van der Waals surface area contributed by atoms with Crippen LogP contribution < -0.4 is 0 Å². The minimum absolute atomic E-state index is 0.00990. The van der Waals surface area contributed by atoms with Gasteiger partial charge in [-0.1, -0.05) is 12.1 Å². The molecule has 1 fully saturated rings. The standard InChI is InChI=1S/C15H19NO3S/c1-10-6-5-9-16(10)14(17)12-7-3-4-8-13(12)20-11(2)15(18)19/h3-4,7-8,10-11H,5-6,9H2,1-2H3,(H,18,19). The lowest BCUT2D eigenvalue weighted by atomic mass is 10.2. The molecule has 0 bridgehead atoms. The lowest BCUT2D eigenvalue weighted by Crippen LogP contribution is -2.34. The quantitative estimate of drug-likeness (QED) is 0.867. The van der Waals surface area contributed by atoms with Gasteiger partial charge in [0.2, 0.25) is 0 Å². The lowest BCUT2D eigenvalue weighted by molar-refractivity contribution is -0.136. The molecule has 1 aliphatic heterocycles. The van der Waals surface area contributed by atoms with Gasteiger partial charge in [0, 0.05) is 17.5 Å². The predicted molar refractivity (Wildman–Crippen MR) is 79.1 cm³/mol. The second-order valence-corrected chi connectivity index (χ2v) is 6.47. The van der Waals surface area contributed by atoms with E-state index >= 15 is 0 Å². The van der Waals surface area contributed by atoms with Crippen molar-refractivity contribution in [1.29, 1.82) is 0 Å². The smallest absolute Gasteiger partial charge is 0.316 e. The number of carboxylic acids is 1. The molecule has 2 atom stereocenters. The Kier molecular flexibility index (Phi) is 4.70. The number of nitrogens with zero attached hydrogens (tertiary/aromatic N) is 1. The van der Waals surface area contributed by atoms with Crippen LogP contribution in [0.1, 0.15) is 37.0 Å². The van der Waals surface area contributed by atoms with E-state index in [1.165, 1.54) is 11.8 Å². The fourth-order valence-electron chi connectivity index (χ4n) is 2.38. The van der Waals surface area contributed by atoms with E-state index in [0.717, 1.165) is 24.3 Å². The molecule has 108 valence electrons. The highest BCUT2D eigenvalue weighted by atomic mass is 32.2. The fourth-order valence-corrected chi connectivity index (χ4v) is 3.30. The van der Waals surface area contributed by atoms with Gasteiger partial charge in [-0.05, 0) is 38.8 Å². The molecule has 0 aromatic heterocycles. The molecule has 1 amide bonds. The van der Waals surface area contributed by atoms with E-state index in [-0.39, 0.29) is 11.9 Å². The Hall–Kier alpha value is -1.49. The van der Waals surface area contributed by atoms with Crippen molar-refractivity contribution in [2.24, 2.45) is 0 Å². The second-order valence-electron chi connectivity index (χ2n) is 5.08. The van der Waals surface area contributed by atoms with Gasteiger partial charge in [0.05, 0.1) is 5.56 Å². The third kappa shape index (κ3) is 3.15. The molecule has 2 rings (SSSR count). The van der Waals surface area contributed by atoms with Crippen LogP contribution in [0.4, 0.5) is 0 Å². The first-order valence-corrected chi connectivity index (χ1v) is 7.68. The Morgan fingerprint density at radius 3 is 2.70 bits per heavy atom. The summed E-state index contributed by atoms with van der Waals surface area (Å²) in [6, 6.07) is 7.52. The van der Waals surface area contributed by atoms with Crippen molar-refractivity contribution in [3.8, 4) is 0 Å². The SMILES string of the molecule is CC(Sc1ccccc1C(=O)N1CCCC1C)C(=O)O. The summed E-state index contributed by atoms with van der Waals surface area (Å²) in [5.41, 5.74) is 0.611. The number of carboxylic acid groups (broad SMARTS) is 1. The summed E-state index contributed by atoms with van der Waals surface area (Å²) in [6.07, 6.45) is 2.07. The monoisotopic (exact) mass is 293 g/mol. The molecule has 0 radical (unpaired) electrons. The number of carbonyl (C=O) groups is 2. The molecule has 1 heterocycles. The van der Waals surface area contributed by atoms with E-state index < -0.39 is 11.2 Å². The first-order chi connectivity index (χ1) is 9.50. The Bertz CT molecular complexity index is 518. The average molecular weight is 293 g/mol. The zero-order valence-corrected chi connectivity index (χ0v) is 12.5. The van der Waals surface area contributed by atoms with Gasteiger partial charge in [0.15, 0.2) is 0 Å². The van der Waals surface area contributed by atoms with Crippen molar-refractivity contribution >= 4 is 23.6 Å². The molecule has 5 heteroatoms. The zero-order chi connectivity index (χ0) is 14.7. The van der Waals surface area contributed by atoms with Crippen LogP contribution in [-0.2, 0) is 4.79 Å². The maximum absolute atomic E-state index is 12.6. The highest BCUT2D eigenvalue weighted by molar-refractivity contribution is 8.00. The molecule has 0 spiro atoms. The maximum atomic E-state index is 12.6. The molecule has 1 N–H and O–H groups in total. The summed E-state index contributed by atoms with van der Waals surface area (Å²) >= 11 is 1.22. The largest absolute Gasteiger partial charge is 0.480 e. The Labute approximate surface area is 123 Å². The van der Waals surface area contributed by atoms with Gasteiger partial charge >= 0.3 is 5.97 Å². The van der Waals surface area contributed by atoms with Crippen LogP contribution in [0, 0.1) is 0 Å². The Morgan fingerprint density at radius 1 is 1.40 bits per heavy atom. The molecule has 2 unspecified atom stereocenters. The Morgan fingerprint density at radius 2 is 2.10 bits per heavy atom. The topological polar surface area (TPSA) is 57.6 Å². The molecule has 0 aliphatic carbocycles. The number of aliphatic carboxylic acids is 1. The number of carbonyl (C=O) groups excluding carboxylic acids is 1. The maximum Gasteiger partial charge on any atom is 0.316 e. The number of hydrogen-bond acceptors (Lipinski definition) is 3. The highest BCUT2D eigenvalue weighted by Gasteiger charge is 2.28. The van der Waals surface area contributed by atoms with Crippen molar-refractivity contribution < 1.29 is 14.7 Å². The molecule has 1 aromatic rings. The van der Waals surface area contributed by atoms with E-state index in [1.54, 1.807) is 13.0 Å². The van der Waals surface area contributed by atoms with Crippen LogP contribution in [0.3, 0.4) is 0 Å². The van der Waals surface area contributed by atoms with Gasteiger partial charge < -0.3 is 10.0 Å². The van der Waals surface area contributed by atoms with Gasteiger partial charge in [-0.2, -0.15) is 0 Å². The fraction of sp³-hybridized carbons (Fsp3) is 0.467. The normalized spacial score (nSPS) is 19.9. The van der Waals surface area contributed by atoms with Gasteiger partial charge in [-0.3, -0.25) is 9.59 Å². The first kappa shape index (κ1) is 14.9. The van der Waals surface area contributed by atoms with Crippen LogP contribution >= 0.6 is 11.8 Å². The van der Waals surface area contributed by atoms with Crippen molar-refractivity contribution in [3.05, 3.63) is 29.8 Å². The summed E-state index contributed by atoms with van der Waals surface area (Å²) in [5, 5.41) is 8.44. The van der Waals surface area contributed by atoms with Crippen LogP contribution in [0.5, 0.6) is 0 Å². The number of benzene rings is 1. The molecule has 4 nitrogen and oxygen atoms in total. The molecule has 20 heavy (non-hydrogen) atoms. The average Bonchev–Trinajstić information content (AvgIpc) is 2.84. The van der Waals surface area contributed by atoms with Crippen LogP contribution in [0.25, 0.3) is 0 Å². The minimum atomic E-state index is -0.869. The lowest BCUT2D eigenvalue weighted by Gasteiger charge is -2.23. The summed E-state index contributed by atoms with van der Waals surface area (Å²) in [4.78, 5) is 26.2. The molecule has 0 saturated carbocycles. The first-order valence-electron chi connectivity index (χ1n) is 6.80. The molecule has 1 saturated heterocycles. The number of hydrogen-bond donors (Lipinski definition) is 1. The van der Waals surface area contributed by atoms with Crippen LogP contribution in [-0.4, -0.2) is 39.7 Å². The van der Waals surface area contributed by atoms with E-state index in [9.17, 15) is 9.59 Å². The van der Waals surface area contributed by atoms with E-state index in [2.05, 4.69) is 6.92 Å². The summed E-state index contributed by atoms with van der Waals surface area (Å²) in [6.45, 7) is 4.47. The number of thioether (sulfide) groups is 1. The summed E-state index contributed by atoms with van der Waals surface area (Å²) in [7, 11) is 0. The highest BCUT2D eigenvalue weighted by Crippen LogP contribution is 2.29. The summed E-state index contributed by atoms with van der Waals surface area (Å²) < 4.78 is 0. The third-order valence-corrected chi connectivity index (χ3v) is 4.75. The molecule has 1 aliphatic rings. The van der Waals surface area contributed by atoms with Gasteiger partial charge in [-0.15, -0.1) is 11.8 Å². The molecular formula is C15H19NO3S. The summed E-state index contributed by atoms with van der Waals surface area (Å²) in [5.74, 6) is -0.859. The second kappa shape index (κ2) is 6.31. The predicted octanol–water partition coefficient (Wildman–Crippen LogP) is 2.88. The molecule has 1 aromatic carbocycles. The Balaban J connectivity index is 2.23. The van der Waals surface area contributed by atoms with Crippen molar-refractivity contribution in [3.63, 3.8) is 0 Å². The van der Waals surface area contributed by atoms with Crippen LogP contribution in [0.2, 0.25) is 0 Å². The molecular weight excluding hydrogens is 274 g/mol. The van der Waals surface area contributed by atoms with Crippen molar-refractivity contribution in [2.45, 2.75) is 42.9 Å². The third-order valence-electron chi connectivity index (χ3n) is 3.58. The number of amides is 1. The van der Waals surface area contributed by atoms with E-state index in [0.29, 0.717) is 5.56 Å². The van der Waals surface area contributed by atoms with E-state index in [4.69, 9.17) is 5.11 Å². The van der Waals surface area contributed by atoms with Gasteiger partial charge in [-0.25, -0.2) is 0 Å². The van der Waals surface area contributed by atoms with Gasteiger partial charge in [0.25, 0.3) is 5.91 Å².